The number of rotatable bonds is 9. The lowest BCUT2D eigenvalue weighted by atomic mass is 10.1. The van der Waals surface area contributed by atoms with Gasteiger partial charge in [-0.2, -0.15) is 0 Å². The highest BCUT2D eigenvalue weighted by Gasteiger charge is 2.25. The molecule has 0 aliphatic heterocycles. The van der Waals surface area contributed by atoms with E-state index in [4.69, 9.17) is 5.21 Å². The first-order valence-electron chi connectivity index (χ1n) is 11.9. The number of amides is 3. The summed E-state index contributed by atoms with van der Waals surface area (Å²) in [4.78, 5) is 38.3. The van der Waals surface area contributed by atoms with Crippen LogP contribution in [0.3, 0.4) is 0 Å². The van der Waals surface area contributed by atoms with E-state index in [9.17, 15) is 19.5 Å². The molecule has 3 aromatic rings. The van der Waals surface area contributed by atoms with Crippen molar-refractivity contribution in [1.82, 2.24) is 15.7 Å². The fraction of sp³-hybridized carbons (Fsp3) is 0.207. The summed E-state index contributed by atoms with van der Waals surface area (Å²) in [6.07, 6.45) is -1.20. The van der Waals surface area contributed by atoms with Crippen LogP contribution in [0.1, 0.15) is 34.0 Å². The number of carbonyl (C=O) groups is 3. The molecular formula is C29H30N4O5. The normalized spacial score (nSPS) is 12.0. The maximum atomic E-state index is 12.4. The number of aliphatic hydroxyl groups is 1. The number of aliphatic hydroxyl groups excluding tert-OH is 1. The minimum Gasteiger partial charge on any atom is -0.391 e. The zero-order valence-electron chi connectivity index (χ0n) is 21.1. The number of carbonyl (C=O) groups excluding carboxylic acids is 3. The Balaban J connectivity index is 1.53. The molecule has 9 heteroatoms. The average molecular weight is 515 g/mol. The minimum absolute atomic E-state index is 0.108. The van der Waals surface area contributed by atoms with Crippen molar-refractivity contribution in [2.45, 2.75) is 25.6 Å². The molecule has 2 atom stereocenters. The largest absolute Gasteiger partial charge is 0.391 e. The maximum Gasteiger partial charge on any atom is 0.268 e. The van der Waals surface area contributed by atoms with E-state index in [1.165, 1.54) is 12.4 Å². The van der Waals surface area contributed by atoms with Crippen LogP contribution in [0.25, 0.3) is 0 Å². The maximum absolute atomic E-state index is 12.4. The number of hydrogen-bond donors (Lipinski definition) is 5. The van der Waals surface area contributed by atoms with Crippen molar-refractivity contribution < 1.29 is 24.7 Å². The topological polar surface area (TPSA) is 131 Å². The van der Waals surface area contributed by atoms with Gasteiger partial charge in [0.15, 0.2) is 0 Å². The van der Waals surface area contributed by atoms with Crippen molar-refractivity contribution in [1.29, 1.82) is 0 Å². The molecule has 3 amide bonds. The Morgan fingerprint density at radius 1 is 0.895 bits per heavy atom. The molecule has 0 spiro atoms. The molecule has 0 radical (unpaired) electrons. The fourth-order valence-electron chi connectivity index (χ4n) is 3.58. The SMILES string of the molecule is CC(O)C(NC(=O)c1ccc(C#Cc2ccc(NC(=O)CN(C)Cc3ccccc3)cc2)cc1)C(=O)NO. The molecule has 9 nitrogen and oxygen atoms in total. The zero-order chi connectivity index (χ0) is 27.5. The van der Waals surface area contributed by atoms with Crippen molar-refractivity contribution in [3.8, 4) is 11.8 Å². The molecule has 0 aliphatic carbocycles. The third-order valence-corrected chi connectivity index (χ3v) is 5.54. The Kier molecular flexibility index (Phi) is 10.1. The lowest BCUT2D eigenvalue weighted by Crippen LogP contribution is -2.51. The summed E-state index contributed by atoms with van der Waals surface area (Å²) in [5, 5.41) is 23.7. The fourth-order valence-corrected chi connectivity index (χ4v) is 3.58. The Morgan fingerprint density at radius 2 is 1.47 bits per heavy atom. The summed E-state index contributed by atoms with van der Waals surface area (Å²) in [6.45, 7) is 2.27. The van der Waals surface area contributed by atoms with Crippen LogP contribution in [0.15, 0.2) is 78.9 Å². The summed E-state index contributed by atoms with van der Waals surface area (Å²) in [5.74, 6) is 4.44. The first kappa shape index (κ1) is 28.1. The number of anilines is 1. The molecule has 0 saturated heterocycles. The number of nitrogens with zero attached hydrogens (tertiary/aromatic N) is 1. The second-order valence-electron chi connectivity index (χ2n) is 8.78. The summed E-state index contributed by atoms with van der Waals surface area (Å²) in [7, 11) is 1.90. The molecule has 0 aliphatic rings. The smallest absolute Gasteiger partial charge is 0.268 e. The summed E-state index contributed by atoms with van der Waals surface area (Å²) >= 11 is 0. The van der Waals surface area contributed by atoms with Gasteiger partial charge in [0, 0.05) is 28.9 Å². The molecule has 3 rings (SSSR count). The second-order valence-corrected chi connectivity index (χ2v) is 8.78. The van der Waals surface area contributed by atoms with Gasteiger partial charge in [0.25, 0.3) is 11.8 Å². The van der Waals surface area contributed by atoms with E-state index in [0.29, 0.717) is 17.8 Å². The number of benzene rings is 3. The van der Waals surface area contributed by atoms with Gasteiger partial charge in [0.1, 0.15) is 6.04 Å². The van der Waals surface area contributed by atoms with Crippen LogP contribution in [0.2, 0.25) is 0 Å². The van der Waals surface area contributed by atoms with Gasteiger partial charge in [-0.15, -0.1) is 0 Å². The Labute approximate surface area is 221 Å². The average Bonchev–Trinajstić information content (AvgIpc) is 2.91. The third-order valence-electron chi connectivity index (χ3n) is 5.54. The van der Waals surface area contributed by atoms with Crippen LogP contribution in [-0.4, -0.2) is 58.7 Å². The van der Waals surface area contributed by atoms with E-state index < -0.39 is 24.0 Å². The first-order valence-corrected chi connectivity index (χ1v) is 11.9. The summed E-state index contributed by atoms with van der Waals surface area (Å²) in [5.41, 5.74) is 4.92. The van der Waals surface area contributed by atoms with Gasteiger partial charge in [-0.1, -0.05) is 42.2 Å². The first-order chi connectivity index (χ1) is 18.2. The number of hydroxylamine groups is 1. The number of nitrogens with one attached hydrogen (secondary N) is 3. The highest BCUT2D eigenvalue weighted by atomic mass is 16.5. The number of hydrogen-bond acceptors (Lipinski definition) is 6. The van der Waals surface area contributed by atoms with Crippen molar-refractivity contribution in [2.24, 2.45) is 0 Å². The van der Waals surface area contributed by atoms with Gasteiger partial charge in [-0.05, 0) is 68.1 Å². The lowest BCUT2D eigenvalue weighted by molar-refractivity contribution is -0.133. The molecule has 0 bridgehead atoms. The molecule has 0 aromatic heterocycles. The predicted molar refractivity (Wildman–Crippen MR) is 143 cm³/mol. The third kappa shape index (κ3) is 8.57. The summed E-state index contributed by atoms with van der Waals surface area (Å²) in [6, 6.07) is 22.2. The molecule has 3 aromatic carbocycles. The van der Waals surface area contributed by atoms with E-state index in [1.807, 2.05) is 42.3 Å². The highest BCUT2D eigenvalue weighted by molar-refractivity contribution is 5.97. The van der Waals surface area contributed by atoms with Gasteiger partial charge in [-0.3, -0.25) is 24.5 Å². The van der Waals surface area contributed by atoms with Gasteiger partial charge >= 0.3 is 0 Å². The second kappa shape index (κ2) is 13.7. The molecule has 2 unspecified atom stereocenters. The predicted octanol–water partition coefficient (Wildman–Crippen LogP) is 2.14. The monoisotopic (exact) mass is 514 g/mol. The van der Waals surface area contributed by atoms with Crippen LogP contribution < -0.4 is 16.1 Å². The van der Waals surface area contributed by atoms with Gasteiger partial charge < -0.3 is 15.7 Å². The van der Waals surface area contributed by atoms with E-state index in [1.54, 1.807) is 48.5 Å². The zero-order valence-corrected chi connectivity index (χ0v) is 21.1. The van der Waals surface area contributed by atoms with E-state index in [-0.39, 0.29) is 18.0 Å². The van der Waals surface area contributed by atoms with Crippen LogP contribution in [0.5, 0.6) is 0 Å². The van der Waals surface area contributed by atoms with Crippen molar-refractivity contribution in [3.05, 3.63) is 101 Å². The van der Waals surface area contributed by atoms with Crippen molar-refractivity contribution in [3.63, 3.8) is 0 Å². The van der Waals surface area contributed by atoms with E-state index >= 15 is 0 Å². The van der Waals surface area contributed by atoms with Crippen LogP contribution in [-0.2, 0) is 16.1 Å². The Bertz CT molecular complexity index is 1300. The Hall–Kier alpha value is -4.49. The molecule has 196 valence electrons. The lowest BCUT2D eigenvalue weighted by Gasteiger charge is -2.19. The molecule has 0 fully saturated rings. The molecular weight excluding hydrogens is 484 g/mol. The van der Waals surface area contributed by atoms with Gasteiger partial charge in [0.2, 0.25) is 5.91 Å². The van der Waals surface area contributed by atoms with Gasteiger partial charge in [-0.25, -0.2) is 5.48 Å². The molecule has 0 saturated carbocycles. The number of likely N-dealkylation sites (N-methyl/N-ethyl adjacent to an activating group) is 1. The molecule has 5 N–H and O–H groups in total. The standard InChI is InChI=1S/C29H30N4O5/c1-20(34)27(29(37)32-38)31-28(36)24-14-10-21(11-15-24)8-9-22-12-16-25(17-13-22)30-26(35)19-33(2)18-23-6-4-3-5-7-23/h3-7,10-17,20,27,34,38H,18-19H2,1-2H3,(H,30,35)(H,31,36)(H,32,37). The molecule has 38 heavy (non-hydrogen) atoms. The van der Waals surface area contributed by atoms with E-state index in [0.717, 1.165) is 11.1 Å². The molecule has 0 heterocycles. The van der Waals surface area contributed by atoms with Gasteiger partial charge in [0.05, 0.1) is 12.6 Å². The minimum atomic E-state index is -1.30. The summed E-state index contributed by atoms with van der Waals surface area (Å²) < 4.78 is 0. The van der Waals surface area contributed by atoms with Crippen LogP contribution in [0.4, 0.5) is 5.69 Å². The quantitative estimate of drug-likeness (QED) is 0.169. The highest BCUT2D eigenvalue weighted by Crippen LogP contribution is 2.10. The van der Waals surface area contributed by atoms with Crippen molar-refractivity contribution in [2.75, 3.05) is 18.9 Å². The van der Waals surface area contributed by atoms with Crippen LogP contribution >= 0.6 is 0 Å². The Morgan fingerprint density at radius 3 is 2.03 bits per heavy atom. The van der Waals surface area contributed by atoms with E-state index in [2.05, 4.69) is 22.5 Å². The van der Waals surface area contributed by atoms with Crippen LogP contribution in [0, 0.1) is 11.8 Å². The van der Waals surface area contributed by atoms with Crippen molar-refractivity contribution >= 4 is 23.4 Å².